The topological polar surface area (TPSA) is 73.2 Å². The summed E-state index contributed by atoms with van der Waals surface area (Å²) in [6.45, 7) is 0.392. The summed E-state index contributed by atoms with van der Waals surface area (Å²) in [5.41, 5.74) is -0.0147. The van der Waals surface area contributed by atoms with Crippen LogP contribution in [0.25, 0.3) is 0 Å². The number of methoxy groups -OCH3 is 1. The molecule has 34 heavy (non-hydrogen) atoms. The van der Waals surface area contributed by atoms with E-state index in [0.717, 1.165) is 12.3 Å². The van der Waals surface area contributed by atoms with Crippen molar-refractivity contribution in [2.75, 3.05) is 20.3 Å². The predicted octanol–water partition coefficient (Wildman–Crippen LogP) is 7.28. The second-order valence-corrected chi connectivity index (χ2v) is 8.29. The van der Waals surface area contributed by atoms with Gasteiger partial charge in [-0.25, -0.2) is 4.98 Å². The third kappa shape index (κ3) is 8.77. The number of oxime groups is 1. The Morgan fingerprint density at radius 3 is 2.50 bits per heavy atom. The molecule has 0 aliphatic rings. The quantitative estimate of drug-likeness (QED) is 0.132. The molecule has 1 heterocycles. The molecule has 0 atom stereocenters. The van der Waals surface area contributed by atoms with Crippen LogP contribution in [0.3, 0.4) is 0 Å². The van der Waals surface area contributed by atoms with Crippen molar-refractivity contribution in [3.05, 3.63) is 57.2 Å². The highest BCUT2D eigenvalue weighted by molar-refractivity contribution is 6.55. The van der Waals surface area contributed by atoms with E-state index in [9.17, 15) is 18.4 Å². The fourth-order valence-electron chi connectivity index (χ4n) is 2.89. The zero-order valence-corrected chi connectivity index (χ0v) is 20.3. The fraction of sp³-hybridized carbons (Fsp3) is 0.364. The van der Waals surface area contributed by atoms with Gasteiger partial charge in [0.25, 0.3) is 0 Å². The first-order valence-corrected chi connectivity index (χ1v) is 11.2. The number of nitrogens with zero attached hydrogens (tertiary/aromatic N) is 2. The minimum atomic E-state index is -4.44. The Morgan fingerprint density at radius 2 is 1.91 bits per heavy atom. The maximum absolute atomic E-state index is 12.6. The highest BCUT2D eigenvalue weighted by Crippen LogP contribution is 2.35. The number of halogens is 6. The Balaban J connectivity index is 1.89. The molecule has 1 N–H and O–H groups in total. The second-order valence-electron chi connectivity index (χ2n) is 6.88. The molecule has 0 saturated carbocycles. The maximum Gasteiger partial charge on any atom is 0.417 e. The number of hydrogen-bond donors (Lipinski definition) is 1. The monoisotopic (exact) mass is 540 g/mol. The van der Waals surface area contributed by atoms with Gasteiger partial charge in [-0.05, 0) is 43.9 Å². The first-order chi connectivity index (χ1) is 16.2. The fourth-order valence-corrected chi connectivity index (χ4v) is 3.31. The average molecular weight is 542 g/mol. The van der Waals surface area contributed by atoms with Crippen LogP contribution in [-0.4, -0.2) is 36.2 Å². The third-order valence-electron chi connectivity index (χ3n) is 4.51. The molecule has 2 rings (SSSR count). The molecular weight excluding hydrogens is 520 g/mol. The van der Waals surface area contributed by atoms with Crippen molar-refractivity contribution in [1.29, 1.82) is 0 Å². The van der Waals surface area contributed by atoms with Crippen LogP contribution < -0.4 is 14.2 Å². The van der Waals surface area contributed by atoms with Gasteiger partial charge in [-0.15, -0.1) is 0 Å². The molecule has 0 bridgehead atoms. The van der Waals surface area contributed by atoms with Crippen LogP contribution in [0.15, 0.2) is 46.2 Å². The van der Waals surface area contributed by atoms with E-state index >= 15 is 0 Å². The Labute approximate surface area is 209 Å². The van der Waals surface area contributed by atoms with Crippen molar-refractivity contribution < 1.29 is 32.6 Å². The minimum absolute atomic E-state index is 0.0653. The zero-order valence-electron chi connectivity index (χ0n) is 18.0. The lowest BCUT2D eigenvalue weighted by molar-refractivity contribution is -0.137. The van der Waals surface area contributed by atoms with E-state index in [4.69, 9.17) is 49.0 Å². The van der Waals surface area contributed by atoms with Gasteiger partial charge in [-0.3, -0.25) is 0 Å². The molecule has 0 spiro atoms. The molecule has 0 unspecified atom stereocenters. The van der Waals surface area contributed by atoms with E-state index in [2.05, 4.69) is 10.1 Å². The van der Waals surface area contributed by atoms with Crippen LogP contribution in [0.5, 0.6) is 17.4 Å². The largest absolute Gasteiger partial charge is 0.494 e. The normalized spacial score (nSPS) is 11.8. The summed E-state index contributed by atoms with van der Waals surface area (Å²) in [6.07, 6.45) is 0.114. The highest BCUT2D eigenvalue weighted by Gasteiger charge is 2.30. The molecule has 6 nitrogen and oxygen atoms in total. The number of hydrogen-bond acceptors (Lipinski definition) is 6. The number of ether oxygens (including phenoxy) is 3. The van der Waals surface area contributed by atoms with Gasteiger partial charge in [-0.1, -0.05) is 40.0 Å². The van der Waals surface area contributed by atoms with Crippen LogP contribution in [0, 0.1) is 0 Å². The minimum Gasteiger partial charge on any atom is -0.494 e. The summed E-state index contributed by atoms with van der Waals surface area (Å²) >= 11 is 17.4. The van der Waals surface area contributed by atoms with Crippen LogP contribution in [0.1, 0.15) is 36.8 Å². The first-order valence-electron chi connectivity index (χ1n) is 10.0. The Hall–Kier alpha value is -2.36. The smallest absolute Gasteiger partial charge is 0.417 e. The third-order valence-corrected chi connectivity index (χ3v) is 5.10. The molecule has 12 heteroatoms. The van der Waals surface area contributed by atoms with Crippen molar-refractivity contribution in [1.82, 2.24) is 4.98 Å². The molecule has 0 saturated heterocycles. The van der Waals surface area contributed by atoms with Crippen LogP contribution in [0.4, 0.5) is 13.2 Å². The molecule has 2 aromatic rings. The van der Waals surface area contributed by atoms with E-state index in [1.54, 1.807) is 12.1 Å². The second kappa shape index (κ2) is 13.5. The van der Waals surface area contributed by atoms with Crippen LogP contribution in [0.2, 0.25) is 5.02 Å². The summed E-state index contributed by atoms with van der Waals surface area (Å²) in [6, 6.07) is 5.29. The summed E-state index contributed by atoms with van der Waals surface area (Å²) < 4.78 is 54.0. The summed E-state index contributed by atoms with van der Waals surface area (Å²) in [5, 5.41) is 13.2. The Morgan fingerprint density at radius 1 is 1.15 bits per heavy atom. The van der Waals surface area contributed by atoms with Gasteiger partial charge in [0, 0.05) is 23.9 Å². The van der Waals surface area contributed by atoms with E-state index in [0.29, 0.717) is 48.5 Å². The Kier molecular flexibility index (Phi) is 11.1. The molecule has 0 radical (unpaired) electrons. The lowest BCUT2D eigenvalue weighted by Gasteiger charge is -2.14. The number of alkyl halides is 3. The molecule has 0 amide bonds. The average Bonchev–Trinajstić information content (AvgIpc) is 2.78. The summed E-state index contributed by atoms with van der Waals surface area (Å²) in [7, 11) is 1.45. The van der Waals surface area contributed by atoms with Gasteiger partial charge < -0.3 is 19.4 Å². The van der Waals surface area contributed by atoms with Crippen LogP contribution in [-0.2, 0) is 6.18 Å². The molecule has 0 aliphatic carbocycles. The van der Waals surface area contributed by atoms with Gasteiger partial charge in [-0.2, -0.15) is 13.2 Å². The number of unbranched alkanes of at least 4 members (excludes halogenated alkanes) is 2. The maximum atomic E-state index is 12.6. The van der Waals surface area contributed by atoms with E-state index in [1.807, 2.05) is 0 Å². The van der Waals surface area contributed by atoms with Gasteiger partial charge >= 0.3 is 6.18 Å². The van der Waals surface area contributed by atoms with Gasteiger partial charge in [0.05, 0.1) is 30.0 Å². The van der Waals surface area contributed by atoms with Crippen molar-refractivity contribution >= 4 is 40.5 Å². The summed E-state index contributed by atoms with van der Waals surface area (Å²) in [5.74, 6) is 0.863. The number of pyridine rings is 1. The number of rotatable bonds is 12. The summed E-state index contributed by atoms with van der Waals surface area (Å²) in [4.78, 5) is 3.66. The molecule has 1 aromatic carbocycles. The first kappa shape index (κ1) is 27.9. The van der Waals surface area contributed by atoms with Gasteiger partial charge in [0.15, 0.2) is 0 Å². The standard InChI is InChI=1S/C22H22Cl3F3N2O4/c1-32-21-16(11-15(12-17(21)23)33-10-8-19(24)25)18(30-31)5-3-2-4-9-34-20-7-6-14(13-29-20)22(26,27)28/h6-8,11-13,31H,2-5,9-10H2,1H3/b30-18+. The number of benzene rings is 1. The zero-order chi connectivity index (χ0) is 25.1. The van der Waals surface area contributed by atoms with Crippen molar-refractivity contribution in [3.63, 3.8) is 0 Å². The highest BCUT2D eigenvalue weighted by atomic mass is 35.5. The van der Waals surface area contributed by atoms with Gasteiger partial charge in [0.2, 0.25) is 5.88 Å². The van der Waals surface area contributed by atoms with E-state index in [1.165, 1.54) is 19.3 Å². The predicted molar refractivity (Wildman–Crippen MR) is 125 cm³/mol. The lowest BCUT2D eigenvalue weighted by Crippen LogP contribution is -2.07. The molecular formula is C22H22Cl3F3N2O4. The molecule has 186 valence electrons. The van der Waals surface area contributed by atoms with Crippen molar-refractivity contribution in [3.8, 4) is 17.4 Å². The number of aromatic nitrogens is 1. The molecule has 1 aromatic heterocycles. The van der Waals surface area contributed by atoms with E-state index in [-0.39, 0.29) is 28.6 Å². The van der Waals surface area contributed by atoms with Gasteiger partial charge in [0.1, 0.15) is 22.6 Å². The van der Waals surface area contributed by atoms with Crippen molar-refractivity contribution in [2.45, 2.75) is 31.9 Å². The van der Waals surface area contributed by atoms with Crippen LogP contribution >= 0.6 is 34.8 Å². The SMILES string of the molecule is COc1c(Cl)cc(OCC=C(Cl)Cl)cc1/C(CCCCCOc1ccc(C(F)(F)F)cn1)=N/O. The molecule has 0 fully saturated rings. The molecule has 0 aliphatic heterocycles. The lowest BCUT2D eigenvalue weighted by atomic mass is 10.0. The Bertz CT molecular complexity index is 996. The van der Waals surface area contributed by atoms with Crippen molar-refractivity contribution in [2.24, 2.45) is 5.16 Å². The van der Waals surface area contributed by atoms with E-state index < -0.39 is 11.7 Å².